The lowest BCUT2D eigenvalue weighted by Gasteiger charge is -2.19. The normalized spacial score (nSPS) is 21.1. The molecule has 0 bridgehead atoms. The molecular weight excluding hydrogens is 236 g/mol. The average Bonchev–Trinajstić information content (AvgIpc) is 2.67. The highest BCUT2D eigenvalue weighted by Gasteiger charge is 2.25. The summed E-state index contributed by atoms with van der Waals surface area (Å²) < 4.78 is 27.5. The van der Waals surface area contributed by atoms with Crippen molar-refractivity contribution in [3.05, 3.63) is 0 Å². The highest BCUT2D eigenvalue weighted by Crippen LogP contribution is 2.13. The van der Waals surface area contributed by atoms with Crippen molar-refractivity contribution in [2.24, 2.45) is 5.92 Å². The third kappa shape index (κ3) is 3.90. The van der Waals surface area contributed by atoms with Crippen LogP contribution in [0.2, 0.25) is 0 Å². The van der Waals surface area contributed by atoms with E-state index >= 15 is 0 Å². The van der Waals surface area contributed by atoms with E-state index in [1.807, 2.05) is 13.8 Å². The molecule has 90 valence electrons. The zero-order chi connectivity index (χ0) is 11.5. The molecule has 1 heterocycles. The van der Waals surface area contributed by atoms with Crippen molar-refractivity contribution in [3.63, 3.8) is 0 Å². The molecule has 1 aliphatic heterocycles. The van der Waals surface area contributed by atoms with Crippen molar-refractivity contribution in [2.75, 3.05) is 19.6 Å². The summed E-state index contributed by atoms with van der Waals surface area (Å²) in [7, 11) is -3.29. The van der Waals surface area contributed by atoms with Crippen LogP contribution in [0.1, 0.15) is 26.7 Å². The van der Waals surface area contributed by atoms with E-state index in [1.54, 1.807) is 0 Å². The van der Waals surface area contributed by atoms with Gasteiger partial charge in [0.1, 0.15) is 0 Å². The van der Waals surface area contributed by atoms with Gasteiger partial charge in [-0.15, -0.1) is 11.6 Å². The lowest BCUT2D eigenvalue weighted by molar-refractivity contribution is 0.460. The standard InChI is InChI=1S/C9H19ClN2O2S/c1-8(2)9(10)7-11-15(13,14)12-5-3-4-6-12/h8-9,11H,3-7H2,1-2H3. The van der Waals surface area contributed by atoms with Crippen LogP contribution in [0, 0.1) is 5.92 Å². The average molecular weight is 255 g/mol. The Bertz CT molecular complexity index is 286. The Balaban J connectivity index is 2.42. The molecule has 0 aromatic rings. The van der Waals surface area contributed by atoms with Gasteiger partial charge in [-0.1, -0.05) is 13.8 Å². The lowest BCUT2D eigenvalue weighted by Crippen LogP contribution is -2.42. The monoisotopic (exact) mass is 254 g/mol. The van der Waals surface area contributed by atoms with E-state index in [-0.39, 0.29) is 11.3 Å². The molecular formula is C9H19ClN2O2S. The molecule has 15 heavy (non-hydrogen) atoms. The van der Waals surface area contributed by atoms with Crippen LogP contribution in [-0.4, -0.2) is 37.7 Å². The van der Waals surface area contributed by atoms with Crippen LogP contribution in [0.4, 0.5) is 0 Å². The number of nitrogens with one attached hydrogen (secondary N) is 1. The Morgan fingerprint density at radius 2 is 1.87 bits per heavy atom. The first-order valence-electron chi connectivity index (χ1n) is 5.32. The molecule has 0 amide bonds. The Labute approximate surface area is 97.2 Å². The van der Waals surface area contributed by atoms with E-state index < -0.39 is 10.2 Å². The fraction of sp³-hybridized carbons (Fsp3) is 1.00. The van der Waals surface area contributed by atoms with Gasteiger partial charge in [-0.2, -0.15) is 12.7 Å². The quantitative estimate of drug-likeness (QED) is 0.749. The molecule has 0 spiro atoms. The largest absolute Gasteiger partial charge is 0.279 e. The van der Waals surface area contributed by atoms with Gasteiger partial charge in [-0.05, 0) is 18.8 Å². The maximum absolute atomic E-state index is 11.7. The second-order valence-electron chi connectivity index (χ2n) is 4.22. The molecule has 0 aromatic heterocycles. The van der Waals surface area contributed by atoms with Gasteiger partial charge in [-0.25, -0.2) is 4.72 Å². The third-order valence-corrected chi connectivity index (χ3v) is 4.82. The second-order valence-corrected chi connectivity index (χ2v) is 6.54. The van der Waals surface area contributed by atoms with Gasteiger partial charge in [-0.3, -0.25) is 0 Å². The maximum Gasteiger partial charge on any atom is 0.279 e. The van der Waals surface area contributed by atoms with Crippen LogP contribution in [0.5, 0.6) is 0 Å². The van der Waals surface area contributed by atoms with Crippen molar-refractivity contribution in [3.8, 4) is 0 Å². The molecule has 0 aromatic carbocycles. The van der Waals surface area contributed by atoms with Crippen LogP contribution in [0.3, 0.4) is 0 Å². The summed E-state index contributed by atoms with van der Waals surface area (Å²) in [6.45, 7) is 5.51. The van der Waals surface area contributed by atoms with E-state index in [0.29, 0.717) is 19.6 Å². The smallest absolute Gasteiger partial charge is 0.201 e. The topological polar surface area (TPSA) is 49.4 Å². The number of nitrogens with zero attached hydrogens (tertiary/aromatic N) is 1. The molecule has 1 N–H and O–H groups in total. The zero-order valence-electron chi connectivity index (χ0n) is 9.24. The number of alkyl halides is 1. The Morgan fingerprint density at radius 1 is 1.33 bits per heavy atom. The SMILES string of the molecule is CC(C)C(Cl)CNS(=O)(=O)N1CCCC1. The summed E-state index contributed by atoms with van der Waals surface area (Å²) in [6.07, 6.45) is 1.91. The molecule has 4 nitrogen and oxygen atoms in total. The maximum atomic E-state index is 11.7. The van der Waals surface area contributed by atoms with Gasteiger partial charge in [0.2, 0.25) is 0 Å². The van der Waals surface area contributed by atoms with Gasteiger partial charge in [0.25, 0.3) is 10.2 Å². The number of hydrogen-bond acceptors (Lipinski definition) is 2. The molecule has 1 fully saturated rings. The molecule has 1 atom stereocenters. The molecule has 1 rings (SSSR count). The summed E-state index contributed by atoms with van der Waals surface area (Å²) in [5, 5.41) is -0.151. The van der Waals surface area contributed by atoms with Gasteiger partial charge in [0.15, 0.2) is 0 Å². The summed E-state index contributed by atoms with van der Waals surface area (Å²) in [5.74, 6) is 0.271. The fourth-order valence-corrected chi connectivity index (χ4v) is 2.92. The van der Waals surface area contributed by atoms with Crippen molar-refractivity contribution >= 4 is 21.8 Å². The molecule has 6 heteroatoms. The van der Waals surface area contributed by atoms with Gasteiger partial charge < -0.3 is 0 Å². The van der Waals surface area contributed by atoms with E-state index in [2.05, 4.69) is 4.72 Å². The van der Waals surface area contributed by atoms with Crippen LogP contribution in [-0.2, 0) is 10.2 Å². The van der Waals surface area contributed by atoms with E-state index in [4.69, 9.17) is 11.6 Å². The van der Waals surface area contributed by atoms with Crippen molar-refractivity contribution in [1.82, 2.24) is 9.03 Å². The van der Waals surface area contributed by atoms with Crippen molar-refractivity contribution < 1.29 is 8.42 Å². The van der Waals surface area contributed by atoms with Crippen LogP contribution in [0.25, 0.3) is 0 Å². The van der Waals surface area contributed by atoms with Crippen molar-refractivity contribution in [2.45, 2.75) is 32.1 Å². The molecule has 0 aliphatic carbocycles. The molecule has 1 aliphatic rings. The van der Waals surface area contributed by atoms with E-state index in [0.717, 1.165) is 12.8 Å². The van der Waals surface area contributed by atoms with E-state index in [9.17, 15) is 8.42 Å². The summed E-state index contributed by atoms with van der Waals surface area (Å²) in [6, 6.07) is 0. The van der Waals surface area contributed by atoms with Gasteiger partial charge in [0, 0.05) is 25.0 Å². The summed E-state index contributed by atoms with van der Waals surface area (Å²) >= 11 is 5.98. The highest BCUT2D eigenvalue weighted by molar-refractivity contribution is 7.87. The predicted molar refractivity (Wildman–Crippen MR) is 62.2 cm³/mol. The molecule has 1 unspecified atom stereocenters. The second kappa shape index (κ2) is 5.48. The molecule has 1 saturated heterocycles. The first-order chi connectivity index (χ1) is 6.93. The zero-order valence-corrected chi connectivity index (χ0v) is 10.8. The fourth-order valence-electron chi connectivity index (χ4n) is 1.44. The number of halogens is 1. The Morgan fingerprint density at radius 3 is 2.33 bits per heavy atom. The minimum atomic E-state index is -3.29. The lowest BCUT2D eigenvalue weighted by atomic mass is 10.1. The summed E-state index contributed by atoms with van der Waals surface area (Å²) in [5.41, 5.74) is 0. The third-order valence-electron chi connectivity index (χ3n) is 2.59. The first kappa shape index (κ1) is 13.2. The van der Waals surface area contributed by atoms with Crippen LogP contribution >= 0.6 is 11.6 Å². The first-order valence-corrected chi connectivity index (χ1v) is 7.20. The molecule has 0 saturated carbocycles. The van der Waals surface area contributed by atoms with E-state index in [1.165, 1.54) is 4.31 Å². The van der Waals surface area contributed by atoms with Gasteiger partial charge in [0.05, 0.1) is 0 Å². The Hall–Kier alpha value is 0.160. The summed E-state index contributed by atoms with van der Waals surface area (Å²) in [4.78, 5) is 0. The van der Waals surface area contributed by atoms with Crippen LogP contribution in [0.15, 0.2) is 0 Å². The van der Waals surface area contributed by atoms with Crippen molar-refractivity contribution in [1.29, 1.82) is 0 Å². The minimum Gasteiger partial charge on any atom is -0.201 e. The number of rotatable bonds is 5. The number of hydrogen-bond donors (Lipinski definition) is 1. The van der Waals surface area contributed by atoms with Gasteiger partial charge >= 0.3 is 0 Å². The highest BCUT2D eigenvalue weighted by atomic mass is 35.5. The molecule has 0 radical (unpaired) electrons. The Kier molecular flexibility index (Phi) is 4.83. The minimum absolute atomic E-state index is 0.151. The van der Waals surface area contributed by atoms with Crippen LogP contribution < -0.4 is 4.72 Å². The predicted octanol–water partition coefficient (Wildman–Crippen LogP) is 1.18.